The lowest BCUT2D eigenvalue weighted by Gasteiger charge is -2.21. The third kappa shape index (κ3) is 2.96. The van der Waals surface area contributed by atoms with E-state index in [1.165, 1.54) is 6.07 Å². The molecule has 0 atom stereocenters. The van der Waals surface area contributed by atoms with Gasteiger partial charge in [0, 0.05) is 11.6 Å². The summed E-state index contributed by atoms with van der Waals surface area (Å²) in [6.07, 6.45) is 0.506. The Hall–Kier alpha value is -0.600. The SMILES string of the molecule is CC(C)(CO)Cc1ccc(Cl)cc1F. The summed E-state index contributed by atoms with van der Waals surface area (Å²) in [5, 5.41) is 9.45. The van der Waals surface area contributed by atoms with Gasteiger partial charge in [-0.05, 0) is 29.5 Å². The third-order valence-corrected chi connectivity index (χ3v) is 2.35. The van der Waals surface area contributed by atoms with E-state index in [-0.39, 0.29) is 17.8 Å². The third-order valence-electron chi connectivity index (χ3n) is 2.11. The second-order valence-corrected chi connectivity index (χ2v) is 4.67. The predicted octanol–water partition coefficient (Wildman–Crippen LogP) is 3.04. The minimum absolute atomic E-state index is 0.0368. The Kier molecular flexibility index (Phi) is 3.51. The summed E-state index contributed by atoms with van der Waals surface area (Å²) in [6, 6.07) is 4.62. The molecular formula is C11H14ClFO. The number of aliphatic hydroxyl groups excluding tert-OH is 1. The topological polar surface area (TPSA) is 20.2 Å². The lowest BCUT2D eigenvalue weighted by atomic mass is 9.86. The van der Waals surface area contributed by atoms with Crippen LogP contribution >= 0.6 is 11.6 Å². The molecule has 0 aromatic heterocycles. The zero-order valence-corrected chi connectivity index (χ0v) is 9.11. The van der Waals surface area contributed by atoms with Crippen molar-refractivity contribution in [1.82, 2.24) is 0 Å². The molecule has 0 radical (unpaired) electrons. The number of hydrogen-bond donors (Lipinski definition) is 1. The van der Waals surface area contributed by atoms with Crippen molar-refractivity contribution < 1.29 is 9.50 Å². The molecule has 0 saturated heterocycles. The fourth-order valence-corrected chi connectivity index (χ4v) is 1.40. The molecule has 0 aliphatic carbocycles. The van der Waals surface area contributed by atoms with Crippen molar-refractivity contribution in [3.05, 3.63) is 34.6 Å². The van der Waals surface area contributed by atoms with Crippen LogP contribution in [0.3, 0.4) is 0 Å². The molecule has 0 aliphatic heterocycles. The standard InChI is InChI=1S/C11H14ClFO/c1-11(2,7-14)6-8-3-4-9(12)5-10(8)13/h3-5,14H,6-7H2,1-2H3. The Morgan fingerprint density at radius 1 is 1.43 bits per heavy atom. The lowest BCUT2D eigenvalue weighted by Crippen LogP contribution is -2.20. The maximum atomic E-state index is 13.4. The Morgan fingerprint density at radius 2 is 2.07 bits per heavy atom. The van der Waals surface area contributed by atoms with E-state index in [0.717, 1.165) is 0 Å². The normalized spacial score (nSPS) is 11.8. The Morgan fingerprint density at radius 3 is 2.57 bits per heavy atom. The van der Waals surface area contributed by atoms with Crippen LogP contribution in [0.25, 0.3) is 0 Å². The van der Waals surface area contributed by atoms with Gasteiger partial charge in [0.15, 0.2) is 0 Å². The van der Waals surface area contributed by atoms with Crippen LogP contribution in [0, 0.1) is 11.2 Å². The monoisotopic (exact) mass is 216 g/mol. The highest BCUT2D eigenvalue weighted by Crippen LogP contribution is 2.24. The summed E-state index contributed by atoms with van der Waals surface area (Å²) in [5.41, 5.74) is 0.294. The fourth-order valence-electron chi connectivity index (χ4n) is 1.24. The maximum absolute atomic E-state index is 13.4. The molecule has 78 valence electrons. The summed E-state index contributed by atoms with van der Waals surface area (Å²) in [6.45, 7) is 3.82. The van der Waals surface area contributed by atoms with Crippen LogP contribution in [-0.4, -0.2) is 11.7 Å². The first-order chi connectivity index (χ1) is 6.44. The number of benzene rings is 1. The van der Waals surface area contributed by atoms with Gasteiger partial charge in [0.2, 0.25) is 0 Å². The van der Waals surface area contributed by atoms with Gasteiger partial charge >= 0.3 is 0 Å². The van der Waals surface area contributed by atoms with Crippen LogP contribution in [0.4, 0.5) is 4.39 Å². The van der Waals surface area contributed by atoms with Crippen LogP contribution in [0.5, 0.6) is 0 Å². The molecule has 14 heavy (non-hydrogen) atoms. The van der Waals surface area contributed by atoms with Crippen molar-refractivity contribution in [2.45, 2.75) is 20.3 Å². The molecule has 3 heteroatoms. The zero-order chi connectivity index (χ0) is 10.8. The smallest absolute Gasteiger partial charge is 0.127 e. The second kappa shape index (κ2) is 4.28. The first kappa shape index (κ1) is 11.5. The minimum Gasteiger partial charge on any atom is -0.396 e. The Labute approximate surface area is 88.5 Å². The molecule has 0 fully saturated rings. The van der Waals surface area contributed by atoms with E-state index in [0.29, 0.717) is 17.0 Å². The lowest BCUT2D eigenvalue weighted by molar-refractivity contribution is 0.158. The first-order valence-electron chi connectivity index (χ1n) is 4.49. The minimum atomic E-state index is -0.306. The van der Waals surface area contributed by atoms with Crippen molar-refractivity contribution in [1.29, 1.82) is 0 Å². The van der Waals surface area contributed by atoms with Gasteiger partial charge in [-0.3, -0.25) is 0 Å². The molecule has 1 nitrogen and oxygen atoms in total. The van der Waals surface area contributed by atoms with Crippen molar-refractivity contribution >= 4 is 11.6 Å². The summed E-state index contributed by atoms with van der Waals surface area (Å²) < 4.78 is 13.4. The fraction of sp³-hybridized carbons (Fsp3) is 0.455. The molecule has 0 unspecified atom stereocenters. The van der Waals surface area contributed by atoms with Gasteiger partial charge in [0.25, 0.3) is 0 Å². The predicted molar refractivity (Wildman–Crippen MR) is 56.0 cm³/mol. The average molecular weight is 217 g/mol. The van der Waals surface area contributed by atoms with Gasteiger partial charge in [0.1, 0.15) is 5.82 Å². The van der Waals surface area contributed by atoms with E-state index in [1.54, 1.807) is 12.1 Å². The van der Waals surface area contributed by atoms with Gasteiger partial charge in [-0.15, -0.1) is 0 Å². The van der Waals surface area contributed by atoms with Crippen LogP contribution < -0.4 is 0 Å². The van der Waals surface area contributed by atoms with Crippen molar-refractivity contribution in [2.24, 2.45) is 5.41 Å². The highest BCUT2D eigenvalue weighted by atomic mass is 35.5. The van der Waals surface area contributed by atoms with Crippen molar-refractivity contribution in [2.75, 3.05) is 6.61 Å². The number of halogens is 2. The molecule has 0 bridgehead atoms. The second-order valence-electron chi connectivity index (χ2n) is 4.23. The van der Waals surface area contributed by atoms with E-state index in [4.69, 9.17) is 16.7 Å². The molecule has 0 saturated carbocycles. The molecule has 0 aliphatic rings. The number of aliphatic hydroxyl groups is 1. The molecule has 1 aromatic carbocycles. The van der Waals surface area contributed by atoms with Crippen LogP contribution in [-0.2, 0) is 6.42 Å². The molecule has 1 N–H and O–H groups in total. The van der Waals surface area contributed by atoms with Crippen LogP contribution in [0.1, 0.15) is 19.4 Å². The van der Waals surface area contributed by atoms with Gasteiger partial charge in [0.05, 0.1) is 0 Å². The number of hydrogen-bond acceptors (Lipinski definition) is 1. The van der Waals surface area contributed by atoms with Crippen LogP contribution in [0.2, 0.25) is 5.02 Å². The summed E-state index contributed by atoms with van der Waals surface area (Å²) in [4.78, 5) is 0. The highest BCUT2D eigenvalue weighted by Gasteiger charge is 2.19. The van der Waals surface area contributed by atoms with Gasteiger partial charge in [-0.25, -0.2) is 4.39 Å². The van der Waals surface area contributed by atoms with E-state index in [9.17, 15) is 4.39 Å². The largest absolute Gasteiger partial charge is 0.396 e. The molecule has 0 heterocycles. The van der Waals surface area contributed by atoms with Gasteiger partial charge in [-0.2, -0.15) is 0 Å². The van der Waals surface area contributed by atoms with Gasteiger partial charge < -0.3 is 5.11 Å². The van der Waals surface area contributed by atoms with E-state index >= 15 is 0 Å². The molecule has 0 amide bonds. The summed E-state index contributed by atoms with van der Waals surface area (Å²) in [5.74, 6) is -0.306. The molecule has 1 aromatic rings. The van der Waals surface area contributed by atoms with E-state index in [1.807, 2.05) is 13.8 Å². The quantitative estimate of drug-likeness (QED) is 0.824. The highest BCUT2D eigenvalue weighted by molar-refractivity contribution is 6.30. The van der Waals surface area contributed by atoms with Crippen LogP contribution in [0.15, 0.2) is 18.2 Å². The van der Waals surface area contributed by atoms with Gasteiger partial charge in [-0.1, -0.05) is 31.5 Å². The molecule has 0 spiro atoms. The van der Waals surface area contributed by atoms with Crippen molar-refractivity contribution in [3.63, 3.8) is 0 Å². The average Bonchev–Trinajstić information content (AvgIpc) is 2.10. The Balaban J connectivity index is 2.87. The maximum Gasteiger partial charge on any atom is 0.127 e. The van der Waals surface area contributed by atoms with E-state index in [2.05, 4.69) is 0 Å². The van der Waals surface area contributed by atoms with E-state index < -0.39 is 0 Å². The number of rotatable bonds is 3. The molecule has 1 rings (SSSR count). The molecular weight excluding hydrogens is 203 g/mol. The Bertz CT molecular complexity index is 323. The van der Waals surface area contributed by atoms with Crippen molar-refractivity contribution in [3.8, 4) is 0 Å². The zero-order valence-electron chi connectivity index (χ0n) is 8.35. The summed E-state index contributed by atoms with van der Waals surface area (Å²) in [7, 11) is 0. The first-order valence-corrected chi connectivity index (χ1v) is 4.87. The summed E-state index contributed by atoms with van der Waals surface area (Å²) >= 11 is 5.63.